The van der Waals surface area contributed by atoms with Gasteiger partial charge >= 0.3 is 0 Å². The van der Waals surface area contributed by atoms with Crippen molar-refractivity contribution in [3.8, 4) is 0 Å². The van der Waals surface area contributed by atoms with Crippen LogP contribution in [0, 0.1) is 11.8 Å². The molecule has 3 unspecified atom stereocenters. The lowest BCUT2D eigenvalue weighted by molar-refractivity contribution is 0.144. The summed E-state index contributed by atoms with van der Waals surface area (Å²) < 4.78 is 0. The fourth-order valence-corrected chi connectivity index (χ4v) is 3.72. The Hall–Kier alpha value is -0.310. The van der Waals surface area contributed by atoms with Crippen LogP contribution >= 0.6 is 12.2 Å². The first-order valence-corrected chi connectivity index (χ1v) is 7.56. The van der Waals surface area contributed by atoms with E-state index < -0.39 is 0 Å². The lowest BCUT2D eigenvalue weighted by atomic mass is 9.86. The van der Waals surface area contributed by atoms with Gasteiger partial charge in [0.15, 0.2) is 5.11 Å². The summed E-state index contributed by atoms with van der Waals surface area (Å²) in [6, 6.07) is 1.23. The van der Waals surface area contributed by atoms with Crippen LogP contribution in [0.25, 0.3) is 0 Å². The van der Waals surface area contributed by atoms with Crippen LogP contribution in [-0.2, 0) is 0 Å². The first-order chi connectivity index (χ1) is 8.08. The molecule has 2 fully saturated rings. The van der Waals surface area contributed by atoms with Gasteiger partial charge in [0, 0.05) is 18.6 Å². The molecule has 2 rings (SSSR count). The van der Waals surface area contributed by atoms with Gasteiger partial charge in [0.25, 0.3) is 0 Å². The number of rotatable bonds is 1. The fraction of sp³-hybridized carbons (Fsp3) is 0.929. The van der Waals surface area contributed by atoms with E-state index in [4.69, 9.17) is 12.2 Å². The molecule has 1 saturated carbocycles. The second-order valence-electron chi connectivity index (χ2n) is 6.14. The topological polar surface area (TPSA) is 15.3 Å². The molecule has 3 heteroatoms. The van der Waals surface area contributed by atoms with E-state index in [9.17, 15) is 0 Å². The minimum absolute atomic E-state index is 0.590. The van der Waals surface area contributed by atoms with Gasteiger partial charge in [0.2, 0.25) is 0 Å². The molecule has 0 aromatic heterocycles. The van der Waals surface area contributed by atoms with Crippen molar-refractivity contribution in [1.82, 2.24) is 10.2 Å². The molecule has 2 aliphatic rings. The minimum atomic E-state index is 0.590. The van der Waals surface area contributed by atoms with Gasteiger partial charge in [0.05, 0.1) is 0 Å². The van der Waals surface area contributed by atoms with Crippen LogP contribution in [0.2, 0.25) is 0 Å². The predicted octanol–water partition coefficient (Wildman–Crippen LogP) is 3.17. The van der Waals surface area contributed by atoms with E-state index >= 15 is 0 Å². The SMILES string of the molecule is CC1CC(C)C(C)N(C(=S)NC2CCCC2)C1. The van der Waals surface area contributed by atoms with Gasteiger partial charge in [-0.15, -0.1) is 0 Å². The van der Waals surface area contributed by atoms with Crippen LogP contribution in [0.3, 0.4) is 0 Å². The van der Waals surface area contributed by atoms with Crippen molar-refractivity contribution in [1.29, 1.82) is 0 Å². The summed E-state index contributed by atoms with van der Waals surface area (Å²) in [5, 5.41) is 4.58. The number of likely N-dealkylation sites (tertiary alicyclic amines) is 1. The van der Waals surface area contributed by atoms with Gasteiger partial charge < -0.3 is 10.2 Å². The van der Waals surface area contributed by atoms with E-state index in [0.717, 1.165) is 23.5 Å². The summed E-state index contributed by atoms with van der Waals surface area (Å²) in [7, 11) is 0. The molecular weight excluding hydrogens is 228 g/mol. The van der Waals surface area contributed by atoms with Crippen LogP contribution < -0.4 is 5.32 Å². The highest BCUT2D eigenvalue weighted by Gasteiger charge is 2.31. The van der Waals surface area contributed by atoms with E-state index in [2.05, 4.69) is 31.0 Å². The Morgan fingerprint density at radius 1 is 1.18 bits per heavy atom. The number of hydrogen-bond donors (Lipinski definition) is 1. The van der Waals surface area contributed by atoms with Gasteiger partial charge in [-0.05, 0) is 50.2 Å². The van der Waals surface area contributed by atoms with Gasteiger partial charge in [-0.1, -0.05) is 26.7 Å². The average Bonchev–Trinajstić information content (AvgIpc) is 2.76. The molecule has 98 valence electrons. The van der Waals surface area contributed by atoms with Crippen molar-refractivity contribution in [3.63, 3.8) is 0 Å². The molecule has 0 bridgehead atoms. The Bertz CT molecular complexity index is 273. The monoisotopic (exact) mass is 254 g/mol. The largest absolute Gasteiger partial charge is 0.360 e. The van der Waals surface area contributed by atoms with E-state index in [0.29, 0.717) is 12.1 Å². The predicted molar refractivity (Wildman–Crippen MR) is 77.1 cm³/mol. The van der Waals surface area contributed by atoms with Crippen molar-refractivity contribution in [2.24, 2.45) is 11.8 Å². The Kier molecular flexibility index (Phi) is 4.29. The summed E-state index contributed by atoms with van der Waals surface area (Å²) >= 11 is 5.61. The molecule has 3 atom stereocenters. The quantitative estimate of drug-likeness (QED) is 0.724. The van der Waals surface area contributed by atoms with E-state index in [-0.39, 0.29) is 0 Å². The van der Waals surface area contributed by atoms with E-state index in [1.807, 2.05) is 0 Å². The molecule has 2 nitrogen and oxygen atoms in total. The lowest BCUT2D eigenvalue weighted by Crippen LogP contribution is -2.53. The first-order valence-electron chi connectivity index (χ1n) is 7.15. The zero-order valence-corrected chi connectivity index (χ0v) is 12.2. The third-order valence-electron chi connectivity index (χ3n) is 4.54. The molecule has 1 heterocycles. The first kappa shape index (κ1) is 13.1. The second-order valence-corrected chi connectivity index (χ2v) is 6.53. The Morgan fingerprint density at radius 3 is 2.47 bits per heavy atom. The molecule has 1 aliphatic heterocycles. The maximum atomic E-state index is 5.61. The molecule has 0 aromatic carbocycles. The zero-order valence-electron chi connectivity index (χ0n) is 11.4. The molecule has 0 radical (unpaired) electrons. The number of nitrogens with zero attached hydrogens (tertiary/aromatic N) is 1. The van der Waals surface area contributed by atoms with Crippen LogP contribution in [0.15, 0.2) is 0 Å². The standard InChI is InChI=1S/C14H26N2S/c1-10-8-11(2)12(3)16(9-10)14(17)15-13-6-4-5-7-13/h10-13H,4-9H2,1-3H3,(H,15,17). The highest BCUT2D eigenvalue weighted by Crippen LogP contribution is 2.27. The zero-order chi connectivity index (χ0) is 12.4. The Labute approximate surface area is 111 Å². The van der Waals surface area contributed by atoms with Crippen molar-refractivity contribution >= 4 is 17.3 Å². The van der Waals surface area contributed by atoms with E-state index in [1.54, 1.807) is 0 Å². The second kappa shape index (κ2) is 5.55. The lowest BCUT2D eigenvalue weighted by Gasteiger charge is -2.43. The number of hydrogen-bond acceptors (Lipinski definition) is 1. The molecular formula is C14H26N2S. The average molecular weight is 254 g/mol. The summed E-state index contributed by atoms with van der Waals surface area (Å²) in [6.07, 6.45) is 6.66. The smallest absolute Gasteiger partial charge is 0.169 e. The number of nitrogens with one attached hydrogen (secondary N) is 1. The normalized spacial score (nSPS) is 35.0. The maximum absolute atomic E-state index is 5.61. The third-order valence-corrected chi connectivity index (χ3v) is 4.89. The van der Waals surface area contributed by atoms with Gasteiger partial charge in [-0.3, -0.25) is 0 Å². The highest BCUT2D eigenvalue weighted by atomic mass is 32.1. The number of thiocarbonyl (C=S) groups is 1. The van der Waals surface area contributed by atoms with Crippen molar-refractivity contribution in [2.45, 2.75) is 65.0 Å². The van der Waals surface area contributed by atoms with Gasteiger partial charge in [-0.25, -0.2) is 0 Å². The highest BCUT2D eigenvalue weighted by molar-refractivity contribution is 7.80. The van der Waals surface area contributed by atoms with Gasteiger partial charge in [0.1, 0.15) is 0 Å². The summed E-state index contributed by atoms with van der Waals surface area (Å²) in [5.74, 6) is 1.52. The Balaban J connectivity index is 1.92. The third kappa shape index (κ3) is 3.12. The molecule has 0 amide bonds. The van der Waals surface area contributed by atoms with Crippen LogP contribution in [0.1, 0.15) is 52.9 Å². The van der Waals surface area contributed by atoms with E-state index in [1.165, 1.54) is 32.1 Å². The van der Waals surface area contributed by atoms with Crippen LogP contribution in [-0.4, -0.2) is 28.6 Å². The molecule has 17 heavy (non-hydrogen) atoms. The van der Waals surface area contributed by atoms with Crippen molar-refractivity contribution < 1.29 is 0 Å². The summed E-state index contributed by atoms with van der Waals surface area (Å²) in [5.41, 5.74) is 0. The molecule has 0 aromatic rings. The van der Waals surface area contributed by atoms with Crippen molar-refractivity contribution in [3.05, 3.63) is 0 Å². The molecule has 1 aliphatic carbocycles. The number of piperidine rings is 1. The summed E-state index contributed by atoms with van der Waals surface area (Å²) in [4.78, 5) is 2.42. The fourth-order valence-electron chi connectivity index (χ4n) is 3.31. The van der Waals surface area contributed by atoms with Gasteiger partial charge in [-0.2, -0.15) is 0 Å². The molecule has 1 N–H and O–H groups in total. The van der Waals surface area contributed by atoms with Crippen LogP contribution in [0.5, 0.6) is 0 Å². The van der Waals surface area contributed by atoms with Crippen LogP contribution in [0.4, 0.5) is 0 Å². The minimum Gasteiger partial charge on any atom is -0.360 e. The molecule has 0 spiro atoms. The summed E-state index contributed by atoms with van der Waals surface area (Å²) in [6.45, 7) is 8.14. The maximum Gasteiger partial charge on any atom is 0.169 e. The Morgan fingerprint density at radius 2 is 1.82 bits per heavy atom. The van der Waals surface area contributed by atoms with Crippen molar-refractivity contribution in [2.75, 3.05) is 6.54 Å². The molecule has 1 saturated heterocycles.